The van der Waals surface area contributed by atoms with Gasteiger partial charge in [-0.1, -0.05) is 5.16 Å². The molecule has 32 heavy (non-hydrogen) atoms. The smallest absolute Gasteiger partial charge is 0.292 e. The first-order chi connectivity index (χ1) is 15.3. The number of carbonyl (C=O) groups excluding carboxylic acids is 2. The number of nitrogens with zero attached hydrogens (tertiary/aromatic N) is 7. The summed E-state index contributed by atoms with van der Waals surface area (Å²) in [7, 11) is 0. The zero-order valence-electron chi connectivity index (χ0n) is 18.6. The van der Waals surface area contributed by atoms with E-state index >= 15 is 0 Å². The van der Waals surface area contributed by atoms with Crippen molar-refractivity contribution in [1.82, 2.24) is 34.7 Å². The molecule has 0 bridgehead atoms. The average Bonchev–Trinajstić information content (AvgIpc) is 3.32. The summed E-state index contributed by atoms with van der Waals surface area (Å²) in [6, 6.07) is 5.30. The molecule has 11 heteroatoms. The Balaban J connectivity index is 1.36. The summed E-state index contributed by atoms with van der Waals surface area (Å²) in [4.78, 5) is 37.8. The number of aromatic nitrogens is 5. The van der Waals surface area contributed by atoms with Gasteiger partial charge >= 0.3 is 0 Å². The van der Waals surface area contributed by atoms with Crippen molar-refractivity contribution in [2.45, 2.75) is 27.7 Å². The van der Waals surface area contributed by atoms with E-state index in [0.717, 1.165) is 17.1 Å². The molecule has 1 aliphatic rings. The zero-order chi connectivity index (χ0) is 22.8. The molecule has 1 fully saturated rings. The monoisotopic (exact) mass is 438 g/mol. The van der Waals surface area contributed by atoms with Gasteiger partial charge in [0.2, 0.25) is 11.7 Å². The fraction of sp³-hybridized carbons (Fsp3) is 0.429. The van der Waals surface area contributed by atoms with Crippen LogP contribution in [0.15, 0.2) is 22.7 Å². The lowest BCUT2D eigenvalue weighted by Crippen LogP contribution is -2.50. The molecule has 2 amide bonds. The Morgan fingerprint density at radius 1 is 0.938 bits per heavy atom. The molecule has 1 aliphatic heterocycles. The highest BCUT2D eigenvalue weighted by atomic mass is 16.5. The highest BCUT2D eigenvalue weighted by Crippen LogP contribution is 2.16. The van der Waals surface area contributed by atoms with Crippen LogP contribution in [0.4, 0.5) is 5.82 Å². The molecule has 4 heterocycles. The second-order valence-electron chi connectivity index (χ2n) is 7.98. The van der Waals surface area contributed by atoms with Gasteiger partial charge in [0.25, 0.3) is 11.9 Å². The second kappa shape index (κ2) is 8.87. The zero-order valence-corrected chi connectivity index (χ0v) is 18.6. The molecule has 0 aromatic carbocycles. The molecule has 1 saturated heterocycles. The molecular formula is C21H26N8O3. The van der Waals surface area contributed by atoms with E-state index in [1.165, 1.54) is 0 Å². The number of carbonyl (C=O) groups is 2. The van der Waals surface area contributed by atoms with Crippen LogP contribution in [0.2, 0.25) is 0 Å². The molecule has 3 aromatic heterocycles. The van der Waals surface area contributed by atoms with Crippen LogP contribution in [0.3, 0.4) is 0 Å². The number of amides is 2. The van der Waals surface area contributed by atoms with Gasteiger partial charge in [-0.05, 0) is 33.8 Å². The largest absolute Gasteiger partial charge is 0.351 e. The van der Waals surface area contributed by atoms with Crippen LogP contribution in [-0.4, -0.2) is 79.2 Å². The van der Waals surface area contributed by atoms with Gasteiger partial charge in [-0.25, -0.2) is 9.97 Å². The minimum absolute atomic E-state index is 0.166. The Morgan fingerprint density at radius 3 is 2.25 bits per heavy atom. The first kappa shape index (κ1) is 21.6. The van der Waals surface area contributed by atoms with Crippen molar-refractivity contribution in [3.63, 3.8) is 0 Å². The topological polar surface area (TPSA) is 122 Å². The van der Waals surface area contributed by atoms with Gasteiger partial charge in [0, 0.05) is 49.7 Å². The summed E-state index contributed by atoms with van der Waals surface area (Å²) in [5.74, 6) is 0.835. The summed E-state index contributed by atoms with van der Waals surface area (Å²) < 4.78 is 6.61. The Hall–Kier alpha value is -3.60. The SMILES string of the molecule is Cc1cc(C(=O)N2CCN(CC(=O)Nc3cc(C)nn3-c3nc(C)cc(C)n3)CC2)on1. The van der Waals surface area contributed by atoms with Gasteiger partial charge < -0.3 is 14.7 Å². The minimum Gasteiger partial charge on any atom is -0.351 e. The van der Waals surface area contributed by atoms with Gasteiger partial charge in [0.1, 0.15) is 5.82 Å². The number of hydrogen-bond acceptors (Lipinski definition) is 8. The molecule has 0 aliphatic carbocycles. The predicted molar refractivity (Wildman–Crippen MR) is 116 cm³/mol. The van der Waals surface area contributed by atoms with E-state index in [1.54, 1.807) is 28.6 Å². The average molecular weight is 438 g/mol. The molecule has 168 valence electrons. The molecule has 0 atom stereocenters. The highest BCUT2D eigenvalue weighted by Gasteiger charge is 2.26. The number of hydrogen-bond donors (Lipinski definition) is 1. The summed E-state index contributed by atoms with van der Waals surface area (Å²) in [6.07, 6.45) is 0. The Morgan fingerprint density at radius 2 is 1.62 bits per heavy atom. The minimum atomic E-state index is -0.178. The Labute approximate surface area is 185 Å². The molecule has 0 spiro atoms. The first-order valence-electron chi connectivity index (χ1n) is 10.4. The van der Waals surface area contributed by atoms with Crippen molar-refractivity contribution < 1.29 is 14.1 Å². The van der Waals surface area contributed by atoms with Crippen molar-refractivity contribution in [2.24, 2.45) is 0 Å². The standard InChI is InChI=1S/C21H26N8O3/c1-13-9-14(2)23-21(22-13)29-18(11-15(3)25-29)24-19(30)12-27-5-7-28(8-6-27)20(31)17-10-16(4)26-32-17/h9-11H,5-8,12H2,1-4H3,(H,24,30). The molecule has 1 N–H and O–H groups in total. The number of rotatable bonds is 5. The molecular weight excluding hydrogens is 412 g/mol. The van der Waals surface area contributed by atoms with E-state index in [2.05, 4.69) is 25.5 Å². The van der Waals surface area contributed by atoms with Crippen molar-refractivity contribution in [2.75, 3.05) is 38.0 Å². The number of anilines is 1. The van der Waals surface area contributed by atoms with Crippen LogP contribution < -0.4 is 5.32 Å². The lowest BCUT2D eigenvalue weighted by atomic mass is 10.2. The van der Waals surface area contributed by atoms with Crippen LogP contribution in [0.25, 0.3) is 5.95 Å². The molecule has 11 nitrogen and oxygen atoms in total. The molecule has 0 unspecified atom stereocenters. The van der Waals surface area contributed by atoms with Gasteiger partial charge in [-0.15, -0.1) is 0 Å². The fourth-order valence-corrected chi connectivity index (χ4v) is 3.66. The van der Waals surface area contributed by atoms with Gasteiger partial charge in [0.15, 0.2) is 0 Å². The maximum atomic E-state index is 12.7. The number of piperazine rings is 1. The summed E-state index contributed by atoms with van der Waals surface area (Å²) in [5, 5.41) is 11.1. The van der Waals surface area contributed by atoms with Crippen molar-refractivity contribution in [3.8, 4) is 5.95 Å². The van der Waals surface area contributed by atoms with E-state index < -0.39 is 0 Å². The normalized spacial score (nSPS) is 14.6. The Kier molecular flexibility index (Phi) is 5.99. The lowest BCUT2D eigenvalue weighted by molar-refractivity contribution is -0.117. The third kappa shape index (κ3) is 4.83. The van der Waals surface area contributed by atoms with Crippen LogP contribution in [0.1, 0.15) is 33.3 Å². The highest BCUT2D eigenvalue weighted by molar-refractivity contribution is 5.92. The van der Waals surface area contributed by atoms with Crippen LogP contribution in [0.5, 0.6) is 0 Å². The molecule has 0 saturated carbocycles. The number of aryl methyl sites for hydroxylation is 4. The van der Waals surface area contributed by atoms with Crippen molar-refractivity contribution >= 4 is 17.6 Å². The second-order valence-corrected chi connectivity index (χ2v) is 7.98. The van der Waals surface area contributed by atoms with Gasteiger partial charge in [-0.3, -0.25) is 14.5 Å². The quantitative estimate of drug-likeness (QED) is 0.632. The first-order valence-corrected chi connectivity index (χ1v) is 10.4. The van der Waals surface area contributed by atoms with E-state index in [9.17, 15) is 9.59 Å². The van der Waals surface area contributed by atoms with E-state index in [1.807, 2.05) is 31.7 Å². The predicted octanol–water partition coefficient (Wildman–Crippen LogP) is 1.28. The van der Waals surface area contributed by atoms with Crippen LogP contribution in [-0.2, 0) is 4.79 Å². The lowest BCUT2D eigenvalue weighted by Gasteiger charge is -2.33. The Bertz CT molecular complexity index is 1120. The fourth-order valence-electron chi connectivity index (χ4n) is 3.66. The van der Waals surface area contributed by atoms with Crippen LogP contribution >= 0.6 is 0 Å². The summed E-state index contributed by atoms with van der Waals surface area (Å²) in [6.45, 7) is 9.81. The number of nitrogens with one attached hydrogen (secondary N) is 1. The molecule has 3 aromatic rings. The van der Waals surface area contributed by atoms with Gasteiger partial charge in [-0.2, -0.15) is 9.78 Å². The van der Waals surface area contributed by atoms with E-state index in [0.29, 0.717) is 43.6 Å². The van der Waals surface area contributed by atoms with Gasteiger partial charge in [0.05, 0.1) is 17.9 Å². The molecule has 0 radical (unpaired) electrons. The maximum absolute atomic E-state index is 12.7. The molecule has 4 rings (SSSR count). The van der Waals surface area contributed by atoms with E-state index in [-0.39, 0.29) is 24.1 Å². The summed E-state index contributed by atoms with van der Waals surface area (Å²) >= 11 is 0. The van der Waals surface area contributed by atoms with E-state index in [4.69, 9.17) is 4.52 Å². The third-order valence-corrected chi connectivity index (χ3v) is 5.12. The summed E-state index contributed by atoms with van der Waals surface area (Å²) in [5.41, 5.74) is 3.07. The van der Waals surface area contributed by atoms with Crippen molar-refractivity contribution in [3.05, 3.63) is 46.7 Å². The maximum Gasteiger partial charge on any atom is 0.292 e. The van der Waals surface area contributed by atoms with Crippen molar-refractivity contribution in [1.29, 1.82) is 0 Å². The van der Waals surface area contributed by atoms with Crippen LogP contribution in [0, 0.1) is 27.7 Å². The third-order valence-electron chi connectivity index (χ3n) is 5.12.